The molecule has 0 radical (unpaired) electrons. The highest BCUT2D eigenvalue weighted by Crippen LogP contribution is 2.25. The fourth-order valence-electron chi connectivity index (χ4n) is 2.06. The molecule has 1 heterocycles. The molecule has 0 fully saturated rings. The fraction of sp³-hybridized carbons (Fsp3) is 0. The summed E-state index contributed by atoms with van der Waals surface area (Å²) < 4.78 is 22.6. The van der Waals surface area contributed by atoms with Crippen LogP contribution >= 0.6 is 0 Å². The van der Waals surface area contributed by atoms with Gasteiger partial charge in [-0.05, 0) is 29.8 Å². The smallest absolute Gasteiger partial charge is 0.238 e. The zero-order valence-corrected chi connectivity index (χ0v) is 10.8. The van der Waals surface area contributed by atoms with E-state index in [4.69, 9.17) is 5.14 Å². The lowest BCUT2D eigenvalue weighted by Gasteiger charge is -1.97. The molecule has 19 heavy (non-hydrogen) atoms. The predicted molar refractivity (Wildman–Crippen MR) is 75.1 cm³/mol. The van der Waals surface area contributed by atoms with Crippen LogP contribution in [0.1, 0.15) is 0 Å². The zero-order chi connectivity index (χ0) is 13.5. The third-order valence-corrected chi connectivity index (χ3v) is 3.92. The summed E-state index contributed by atoms with van der Waals surface area (Å²) in [5, 5.41) is 5.95. The summed E-state index contributed by atoms with van der Waals surface area (Å²) in [7, 11) is -3.66. The van der Waals surface area contributed by atoms with Crippen LogP contribution in [0.25, 0.3) is 22.2 Å². The Labute approximate surface area is 110 Å². The van der Waals surface area contributed by atoms with Crippen LogP contribution in [0, 0.1) is 0 Å². The number of nitrogens with two attached hydrogens (primary N) is 1. The quantitative estimate of drug-likeness (QED) is 0.752. The molecule has 0 unspecified atom stereocenters. The van der Waals surface area contributed by atoms with Crippen molar-refractivity contribution in [1.82, 2.24) is 4.98 Å². The Hall–Kier alpha value is -2.11. The fourth-order valence-corrected chi connectivity index (χ4v) is 2.61. The van der Waals surface area contributed by atoms with Crippen molar-refractivity contribution in [3.8, 4) is 11.3 Å². The van der Waals surface area contributed by atoms with Gasteiger partial charge in [-0.2, -0.15) is 0 Å². The van der Waals surface area contributed by atoms with Gasteiger partial charge in [0.1, 0.15) is 0 Å². The number of aromatic nitrogens is 1. The van der Waals surface area contributed by atoms with Crippen molar-refractivity contribution >= 4 is 20.9 Å². The van der Waals surface area contributed by atoms with Gasteiger partial charge in [0.05, 0.1) is 4.90 Å². The minimum absolute atomic E-state index is 0.124. The molecule has 0 aliphatic carbocycles. The van der Waals surface area contributed by atoms with E-state index in [2.05, 4.69) is 4.98 Å². The molecule has 3 rings (SSSR count). The summed E-state index contributed by atoms with van der Waals surface area (Å²) in [6.45, 7) is 0. The Bertz CT molecular complexity index is 836. The molecule has 96 valence electrons. The number of nitrogens with one attached hydrogen (secondary N) is 1. The van der Waals surface area contributed by atoms with E-state index >= 15 is 0 Å². The Balaban J connectivity index is 2.17. The summed E-state index contributed by atoms with van der Waals surface area (Å²) in [6, 6.07) is 16.6. The maximum absolute atomic E-state index is 11.3. The third kappa shape index (κ3) is 2.25. The van der Waals surface area contributed by atoms with E-state index in [0.717, 1.165) is 22.2 Å². The summed E-state index contributed by atoms with van der Waals surface area (Å²) in [4.78, 5) is 3.38. The summed E-state index contributed by atoms with van der Waals surface area (Å²) in [5.41, 5.74) is 2.88. The number of hydrogen-bond acceptors (Lipinski definition) is 2. The van der Waals surface area contributed by atoms with Crippen LogP contribution in [0.15, 0.2) is 59.5 Å². The molecule has 3 aromatic rings. The van der Waals surface area contributed by atoms with Gasteiger partial charge in [-0.3, -0.25) is 0 Å². The van der Waals surface area contributed by atoms with E-state index in [-0.39, 0.29) is 4.90 Å². The molecule has 4 nitrogen and oxygen atoms in total. The average Bonchev–Trinajstić information content (AvgIpc) is 2.81. The molecule has 0 saturated carbocycles. The van der Waals surface area contributed by atoms with Crippen LogP contribution in [0.5, 0.6) is 0 Å². The minimum Gasteiger partial charge on any atom is -0.355 e. The van der Waals surface area contributed by atoms with Gasteiger partial charge in [-0.15, -0.1) is 0 Å². The van der Waals surface area contributed by atoms with Crippen molar-refractivity contribution in [3.63, 3.8) is 0 Å². The molecule has 0 aliphatic rings. The normalized spacial score (nSPS) is 11.8. The van der Waals surface area contributed by atoms with Crippen LogP contribution in [-0.2, 0) is 10.0 Å². The van der Waals surface area contributed by atoms with Crippen molar-refractivity contribution in [2.75, 3.05) is 0 Å². The Morgan fingerprint density at radius 1 is 0.947 bits per heavy atom. The van der Waals surface area contributed by atoms with Gasteiger partial charge < -0.3 is 4.98 Å². The molecule has 0 spiro atoms. The van der Waals surface area contributed by atoms with E-state index < -0.39 is 10.0 Å². The Morgan fingerprint density at radius 2 is 1.68 bits per heavy atom. The first-order valence-corrected chi connectivity index (χ1v) is 7.30. The second-order valence-corrected chi connectivity index (χ2v) is 5.90. The highest BCUT2D eigenvalue weighted by molar-refractivity contribution is 7.89. The number of primary sulfonamides is 1. The molecular weight excluding hydrogens is 260 g/mol. The van der Waals surface area contributed by atoms with Crippen LogP contribution in [0.4, 0.5) is 0 Å². The monoisotopic (exact) mass is 272 g/mol. The lowest BCUT2D eigenvalue weighted by atomic mass is 10.1. The van der Waals surface area contributed by atoms with Gasteiger partial charge in [-0.1, -0.05) is 30.3 Å². The third-order valence-electron chi connectivity index (χ3n) is 3.01. The second kappa shape index (κ2) is 4.22. The number of hydrogen-bond donors (Lipinski definition) is 2. The van der Waals surface area contributed by atoms with Crippen LogP contribution in [-0.4, -0.2) is 13.4 Å². The first-order valence-electron chi connectivity index (χ1n) is 5.75. The first kappa shape index (κ1) is 12.0. The largest absolute Gasteiger partial charge is 0.355 e. The summed E-state index contributed by atoms with van der Waals surface area (Å²) >= 11 is 0. The van der Waals surface area contributed by atoms with E-state index in [1.165, 1.54) is 6.07 Å². The molecule has 0 bridgehead atoms. The number of sulfonamides is 1. The van der Waals surface area contributed by atoms with Crippen molar-refractivity contribution in [3.05, 3.63) is 54.6 Å². The molecule has 1 aromatic heterocycles. The standard InChI is InChI=1S/C14H12N2O2S/c15-19(17,18)12-6-7-13-11(8-12)9-14(16-13)10-4-2-1-3-5-10/h1-9,16H,(H2,15,17,18). The minimum atomic E-state index is -3.66. The van der Waals surface area contributed by atoms with Gasteiger partial charge in [0.15, 0.2) is 0 Å². The number of rotatable bonds is 2. The number of fused-ring (bicyclic) bond motifs is 1. The molecule has 2 aromatic carbocycles. The maximum atomic E-state index is 11.3. The second-order valence-electron chi connectivity index (χ2n) is 4.34. The molecule has 5 heteroatoms. The summed E-state index contributed by atoms with van der Waals surface area (Å²) in [5.74, 6) is 0. The number of aromatic amines is 1. The molecule has 0 atom stereocenters. The molecule has 0 aliphatic heterocycles. The highest BCUT2D eigenvalue weighted by Gasteiger charge is 2.10. The molecule has 0 amide bonds. The van der Waals surface area contributed by atoms with E-state index in [0.29, 0.717) is 0 Å². The van der Waals surface area contributed by atoms with E-state index in [1.54, 1.807) is 12.1 Å². The van der Waals surface area contributed by atoms with Crippen LogP contribution in [0.2, 0.25) is 0 Å². The Morgan fingerprint density at radius 3 is 2.37 bits per heavy atom. The van der Waals surface area contributed by atoms with Gasteiger partial charge in [0.25, 0.3) is 0 Å². The van der Waals surface area contributed by atoms with E-state index in [9.17, 15) is 8.42 Å². The lowest BCUT2D eigenvalue weighted by molar-refractivity contribution is 0.598. The van der Waals surface area contributed by atoms with Crippen LogP contribution < -0.4 is 5.14 Å². The van der Waals surface area contributed by atoms with E-state index in [1.807, 2.05) is 36.4 Å². The van der Waals surface area contributed by atoms with Crippen molar-refractivity contribution < 1.29 is 8.42 Å². The zero-order valence-electron chi connectivity index (χ0n) is 10.00. The van der Waals surface area contributed by atoms with Gasteiger partial charge in [0.2, 0.25) is 10.0 Å². The number of H-pyrrole nitrogens is 1. The molecule has 3 N–H and O–H groups in total. The average molecular weight is 272 g/mol. The SMILES string of the molecule is NS(=O)(=O)c1ccc2[nH]c(-c3ccccc3)cc2c1. The van der Waals surface area contributed by atoms with Crippen molar-refractivity contribution in [2.45, 2.75) is 4.90 Å². The van der Waals surface area contributed by atoms with Crippen molar-refractivity contribution in [1.29, 1.82) is 0 Å². The van der Waals surface area contributed by atoms with Gasteiger partial charge in [-0.25, -0.2) is 13.6 Å². The van der Waals surface area contributed by atoms with Crippen molar-refractivity contribution in [2.24, 2.45) is 5.14 Å². The highest BCUT2D eigenvalue weighted by atomic mass is 32.2. The van der Waals surface area contributed by atoms with Gasteiger partial charge in [0, 0.05) is 16.6 Å². The maximum Gasteiger partial charge on any atom is 0.238 e. The van der Waals surface area contributed by atoms with Gasteiger partial charge >= 0.3 is 0 Å². The lowest BCUT2D eigenvalue weighted by Crippen LogP contribution is -2.11. The molecular formula is C14H12N2O2S. The Kier molecular flexibility index (Phi) is 2.66. The summed E-state index contributed by atoms with van der Waals surface area (Å²) in [6.07, 6.45) is 0. The predicted octanol–water partition coefficient (Wildman–Crippen LogP) is 2.48. The number of benzene rings is 2. The topological polar surface area (TPSA) is 76.0 Å². The first-order chi connectivity index (χ1) is 9.04. The molecule has 0 saturated heterocycles. The van der Waals surface area contributed by atoms with Crippen LogP contribution in [0.3, 0.4) is 0 Å².